The number of para-hydroxylation sites is 2. The highest BCUT2D eigenvalue weighted by molar-refractivity contribution is 7.18. The molecule has 0 spiro atoms. The summed E-state index contributed by atoms with van der Waals surface area (Å²) in [6.07, 6.45) is 6.28. The fourth-order valence-corrected chi connectivity index (χ4v) is 5.37. The Balaban J connectivity index is 1.49. The van der Waals surface area contributed by atoms with E-state index in [1.807, 2.05) is 24.3 Å². The molecule has 5 heteroatoms. The molecule has 0 radical (unpaired) electrons. The van der Waals surface area contributed by atoms with E-state index in [4.69, 9.17) is 9.47 Å². The third-order valence-corrected chi connectivity index (χ3v) is 7.02. The number of aromatic nitrogens is 1. The number of hydrogen-bond acceptors (Lipinski definition) is 5. The van der Waals surface area contributed by atoms with Crippen LogP contribution in [0.15, 0.2) is 79.1 Å². The second-order valence-electron chi connectivity index (χ2n) is 8.29. The molecule has 0 fully saturated rings. The Labute approximate surface area is 197 Å². The topological polar surface area (TPSA) is 34.6 Å². The minimum Gasteiger partial charge on any atom is -0.493 e. The van der Waals surface area contributed by atoms with Crippen LogP contribution in [0.4, 0.5) is 5.69 Å². The number of benzene rings is 3. The first-order valence-electron chi connectivity index (χ1n) is 11.3. The van der Waals surface area contributed by atoms with Gasteiger partial charge in [-0.3, -0.25) is 0 Å². The smallest absolute Gasteiger partial charge is 0.126 e. The van der Waals surface area contributed by atoms with Gasteiger partial charge in [-0.1, -0.05) is 36.4 Å². The lowest BCUT2D eigenvalue weighted by Gasteiger charge is -2.26. The van der Waals surface area contributed by atoms with Crippen LogP contribution in [0.3, 0.4) is 0 Å². The summed E-state index contributed by atoms with van der Waals surface area (Å²) in [4.78, 5) is 6.91. The Morgan fingerprint density at radius 2 is 1.42 bits per heavy atom. The molecular weight excluding hydrogens is 428 g/mol. The van der Waals surface area contributed by atoms with E-state index >= 15 is 0 Å². The van der Waals surface area contributed by atoms with E-state index in [9.17, 15) is 0 Å². The number of nitrogens with zero attached hydrogens (tertiary/aromatic N) is 2. The fourth-order valence-electron chi connectivity index (χ4n) is 4.51. The summed E-state index contributed by atoms with van der Waals surface area (Å²) in [5, 5.41) is 1.09. The second-order valence-corrected chi connectivity index (χ2v) is 9.52. The highest BCUT2D eigenvalue weighted by Gasteiger charge is 2.19. The first-order valence-corrected chi connectivity index (χ1v) is 12.1. The standard InChI is InChI=1S/C28H24N2O2S/c1-19-29-25-11-10-22(16-28(25)33-19)30(17-20-12-14-31-26-8-4-2-6-23(20)26)18-21-13-15-32-27-9-5-3-7-24(21)27/h2-11,16-18H,12-15H2,1H3/b20-17+,21-18+. The van der Waals surface area contributed by atoms with Crippen molar-refractivity contribution < 1.29 is 9.47 Å². The molecule has 1 aromatic heterocycles. The SMILES string of the molecule is Cc1nc2ccc(N(/C=C3\CCOc4ccccc43)/C=C3\CCOc4ccccc43)cc2s1. The Morgan fingerprint density at radius 3 is 2.06 bits per heavy atom. The van der Waals surface area contributed by atoms with Gasteiger partial charge in [-0.15, -0.1) is 11.3 Å². The Hall–Kier alpha value is -3.57. The Bertz CT molecular complexity index is 1330. The zero-order chi connectivity index (χ0) is 22.2. The molecule has 0 amide bonds. The zero-order valence-electron chi connectivity index (χ0n) is 18.5. The molecule has 0 saturated heterocycles. The molecule has 3 heterocycles. The summed E-state index contributed by atoms with van der Waals surface area (Å²) < 4.78 is 13.0. The first kappa shape index (κ1) is 20.1. The maximum absolute atomic E-state index is 5.90. The van der Waals surface area contributed by atoms with Crippen LogP contribution in [0.5, 0.6) is 11.5 Å². The number of fused-ring (bicyclic) bond motifs is 3. The zero-order valence-corrected chi connectivity index (χ0v) is 19.3. The van der Waals surface area contributed by atoms with Gasteiger partial charge in [0.2, 0.25) is 0 Å². The van der Waals surface area contributed by atoms with E-state index in [1.54, 1.807) is 11.3 Å². The molecule has 0 aliphatic carbocycles. The van der Waals surface area contributed by atoms with Crippen LogP contribution in [0.2, 0.25) is 0 Å². The van der Waals surface area contributed by atoms with Crippen molar-refractivity contribution in [3.63, 3.8) is 0 Å². The van der Waals surface area contributed by atoms with Gasteiger partial charge >= 0.3 is 0 Å². The minimum absolute atomic E-state index is 0.691. The summed E-state index contributed by atoms with van der Waals surface area (Å²) in [5.74, 6) is 1.90. The van der Waals surface area contributed by atoms with Gasteiger partial charge in [0.25, 0.3) is 0 Å². The summed E-state index contributed by atoms with van der Waals surface area (Å²) in [6.45, 7) is 3.44. The molecule has 2 aliphatic heterocycles. The average Bonchev–Trinajstić information content (AvgIpc) is 3.23. The molecule has 164 valence electrons. The molecule has 0 saturated carbocycles. The lowest BCUT2D eigenvalue weighted by Crippen LogP contribution is -2.15. The van der Waals surface area contributed by atoms with Crippen LogP contribution in [0.1, 0.15) is 29.0 Å². The molecule has 0 N–H and O–H groups in total. The predicted octanol–water partition coefficient (Wildman–Crippen LogP) is 7.06. The first-order chi connectivity index (χ1) is 16.2. The molecule has 6 rings (SSSR count). The molecule has 3 aromatic carbocycles. The Morgan fingerprint density at radius 1 is 0.818 bits per heavy atom. The van der Waals surface area contributed by atoms with Crippen molar-refractivity contribution in [2.45, 2.75) is 19.8 Å². The summed E-state index contributed by atoms with van der Waals surface area (Å²) in [7, 11) is 0. The highest BCUT2D eigenvalue weighted by Crippen LogP contribution is 2.37. The normalized spacial score (nSPS) is 17.4. The maximum atomic E-state index is 5.90. The average molecular weight is 453 g/mol. The Kier molecular flexibility index (Phi) is 5.11. The third-order valence-electron chi connectivity index (χ3n) is 6.09. The van der Waals surface area contributed by atoms with Gasteiger partial charge in [-0.05, 0) is 48.4 Å². The summed E-state index contributed by atoms with van der Waals surface area (Å²) >= 11 is 1.73. The van der Waals surface area contributed by atoms with Crippen molar-refractivity contribution in [3.05, 3.63) is 95.3 Å². The predicted molar refractivity (Wildman–Crippen MR) is 136 cm³/mol. The fraction of sp³-hybridized carbons (Fsp3) is 0.179. The number of hydrogen-bond donors (Lipinski definition) is 0. The van der Waals surface area contributed by atoms with Crippen molar-refractivity contribution in [1.29, 1.82) is 0 Å². The summed E-state index contributed by atoms with van der Waals surface area (Å²) in [6, 6.07) is 23.1. The number of aryl methyl sites for hydroxylation is 1. The van der Waals surface area contributed by atoms with Crippen molar-refractivity contribution >= 4 is 38.4 Å². The van der Waals surface area contributed by atoms with E-state index in [-0.39, 0.29) is 0 Å². The van der Waals surface area contributed by atoms with Crippen LogP contribution in [-0.2, 0) is 0 Å². The lowest BCUT2D eigenvalue weighted by atomic mass is 9.99. The molecule has 0 atom stereocenters. The van der Waals surface area contributed by atoms with Gasteiger partial charge in [-0.2, -0.15) is 0 Å². The minimum atomic E-state index is 0.691. The van der Waals surface area contributed by atoms with Crippen LogP contribution >= 0.6 is 11.3 Å². The molecule has 0 unspecified atom stereocenters. The number of thiazole rings is 1. The lowest BCUT2D eigenvalue weighted by molar-refractivity contribution is 0.316. The van der Waals surface area contributed by atoms with Gasteiger partial charge in [0, 0.05) is 42.1 Å². The maximum Gasteiger partial charge on any atom is 0.126 e. The highest BCUT2D eigenvalue weighted by atomic mass is 32.1. The quantitative estimate of drug-likeness (QED) is 0.333. The summed E-state index contributed by atoms with van der Waals surface area (Å²) in [5.41, 5.74) is 7.04. The van der Waals surface area contributed by atoms with E-state index in [1.165, 1.54) is 15.8 Å². The van der Waals surface area contributed by atoms with Gasteiger partial charge in [0.05, 0.1) is 28.4 Å². The van der Waals surface area contributed by atoms with Crippen molar-refractivity contribution in [2.24, 2.45) is 0 Å². The van der Waals surface area contributed by atoms with E-state index < -0.39 is 0 Å². The molecule has 4 nitrogen and oxygen atoms in total. The van der Waals surface area contributed by atoms with E-state index in [2.05, 4.69) is 71.7 Å². The van der Waals surface area contributed by atoms with E-state index in [0.29, 0.717) is 13.2 Å². The van der Waals surface area contributed by atoms with Gasteiger partial charge in [0.1, 0.15) is 11.5 Å². The van der Waals surface area contributed by atoms with Crippen molar-refractivity contribution in [1.82, 2.24) is 4.98 Å². The van der Waals surface area contributed by atoms with E-state index in [0.717, 1.165) is 51.7 Å². The molecular formula is C28H24N2O2S. The van der Waals surface area contributed by atoms with Crippen molar-refractivity contribution in [3.8, 4) is 11.5 Å². The van der Waals surface area contributed by atoms with Gasteiger partial charge in [0.15, 0.2) is 0 Å². The van der Waals surface area contributed by atoms with Crippen LogP contribution < -0.4 is 14.4 Å². The number of anilines is 1. The molecule has 33 heavy (non-hydrogen) atoms. The number of ether oxygens (including phenoxy) is 2. The third kappa shape index (κ3) is 3.89. The van der Waals surface area contributed by atoms with Gasteiger partial charge in [-0.25, -0.2) is 4.98 Å². The van der Waals surface area contributed by atoms with Gasteiger partial charge < -0.3 is 14.4 Å². The van der Waals surface area contributed by atoms with Crippen LogP contribution in [0, 0.1) is 6.92 Å². The monoisotopic (exact) mass is 452 g/mol. The van der Waals surface area contributed by atoms with Crippen molar-refractivity contribution in [2.75, 3.05) is 18.1 Å². The molecule has 2 aliphatic rings. The number of rotatable bonds is 3. The second kappa shape index (κ2) is 8.41. The van der Waals surface area contributed by atoms with Crippen LogP contribution in [0.25, 0.3) is 21.4 Å². The van der Waals surface area contributed by atoms with Crippen LogP contribution in [-0.4, -0.2) is 18.2 Å². The molecule has 0 bridgehead atoms. The molecule has 4 aromatic rings. The largest absolute Gasteiger partial charge is 0.493 e.